The third kappa shape index (κ3) is 4.02. The van der Waals surface area contributed by atoms with Gasteiger partial charge in [-0.15, -0.1) is 0 Å². The van der Waals surface area contributed by atoms with Crippen molar-refractivity contribution in [2.75, 3.05) is 4.90 Å². The van der Waals surface area contributed by atoms with Crippen LogP contribution in [0.1, 0.15) is 0 Å². The zero-order chi connectivity index (χ0) is 27.2. The number of hydrogen-bond acceptors (Lipinski definition) is 1. The molecule has 0 unspecified atom stereocenters. The first-order valence-corrected chi connectivity index (χ1v) is 14.1. The van der Waals surface area contributed by atoms with Gasteiger partial charge in [-0.25, -0.2) is 0 Å². The van der Waals surface area contributed by atoms with E-state index in [-0.39, 0.29) is 0 Å². The van der Waals surface area contributed by atoms with Crippen molar-refractivity contribution in [2.24, 2.45) is 0 Å². The molecule has 0 aliphatic rings. The van der Waals surface area contributed by atoms with E-state index in [1.807, 2.05) is 0 Å². The molecule has 0 heterocycles. The Morgan fingerprint density at radius 3 is 1.24 bits per heavy atom. The van der Waals surface area contributed by atoms with Crippen molar-refractivity contribution in [3.05, 3.63) is 164 Å². The van der Waals surface area contributed by atoms with Crippen LogP contribution >= 0.6 is 0 Å². The van der Waals surface area contributed by atoms with E-state index in [2.05, 4.69) is 169 Å². The summed E-state index contributed by atoms with van der Waals surface area (Å²) in [5.41, 5.74) is 5.85. The third-order valence-corrected chi connectivity index (χ3v) is 8.19. The highest BCUT2D eigenvalue weighted by Gasteiger charge is 2.14. The van der Waals surface area contributed by atoms with Crippen LogP contribution in [0.3, 0.4) is 0 Å². The normalized spacial score (nSPS) is 11.4. The minimum atomic E-state index is 1.13. The minimum Gasteiger partial charge on any atom is -0.311 e. The molecule has 41 heavy (non-hydrogen) atoms. The lowest BCUT2D eigenvalue weighted by atomic mass is 9.90. The monoisotopic (exact) mass is 521 g/mol. The van der Waals surface area contributed by atoms with Gasteiger partial charge >= 0.3 is 0 Å². The van der Waals surface area contributed by atoms with Crippen LogP contribution in [0.2, 0.25) is 0 Å². The smallest absolute Gasteiger partial charge is 0.0462 e. The van der Waals surface area contributed by atoms with Crippen LogP contribution in [0.4, 0.5) is 17.1 Å². The van der Waals surface area contributed by atoms with Gasteiger partial charge in [0.15, 0.2) is 0 Å². The molecule has 0 spiro atoms. The molecule has 0 radical (unpaired) electrons. The van der Waals surface area contributed by atoms with E-state index in [9.17, 15) is 0 Å². The predicted molar refractivity (Wildman–Crippen MR) is 177 cm³/mol. The second-order valence-corrected chi connectivity index (χ2v) is 10.6. The van der Waals surface area contributed by atoms with E-state index < -0.39 is 0 Å². The second kappa shape index (κ2) is 9.66. The first-order valence-electron chi connectivity index (χ1n) is 14.1. The van der Waals surface area contributed by atoms with Crippen molar-refractivity contribution in [3.63, 3.8) is 0 Å². The predicted octanol–water partition coefficient (Wildman–Crippen LogP) is 11.4. The van der Waals surface area contributed by atoms with Crippen LogP contribution in [0.5, 0.6) is 0 Å². The van der Waals surface area contributed by atoms with E-state index in [4.69, 9.17) is 0 Å². The van der Waals surface area contributed by atoms with Gasteiger partial charge in [-0.2, -0.15) is 0 Å². The van der Waals surface area contributed by atoms with E-state index in [0.29, 0.717) is 0 Å². The summed E-state index contributed by atoms with van der Waals surface area (Å²) in [6.45, 7) is 0. The van der Waals surface area contributed by atoms with Crippen molar-refractivity contribution < 1.29 is 0 Å². The molecule has 1 nitrogen and oxygen atoms in total. The Balaban J connectivity index is 1.27. The Hall–Kier alpha value is -5.40. The van der Waals surface area contributed by atoms with Crippen LogP contribution < -0.4 is 4.90 Å². The summed E-state index contributed by atoms with van der Waals surface area (Å²) in [7, 11) is 0. The molecule has 192 valence electrons. The summed E-state index contributed by atoms with van der Waals surface area (Å²) in [6, 6.07) is 59.2. The van der Waals surface area contributed by atoms with Gasteiger partial charge in [-0.3, -0.25) is 0 Å². The van der Waals surface area contributed by atoms with Gasteiger partial charge in [0.25, 0.3) is 0 Å². The highest BCUT2D eigenvalue weighted by Crippen LogP contribution is 2.40. The average Bonchev–Trinajstić information content (AvgIpc) is 3.05. The maximum Gasteiger partial charge on any atom is 0.0462 e. The number of fused-ring (bicyclic) bond motifs is 7. The Labute approximate surface area is 239 Å². The first-order chi connectivity index (χ1) is 20.3. The molecule has 0 amide bonds. The molecule has 0 N–H and O–H groups in total. The zero-order valence-electron chi connectivity index (χ0n) is 22.5. The molecule has 8 rings (SSSR count). The summed E-state index contributed by atoms with van der Waals surface area (Å²) >= 11 is 0. The van der Waals surface area contributed by atoms with Gasteiger partial charge < -0.3 is 4.90 Å². The van der Waals surface area contributed by atoms with Gasteiger partial charge in [0.1, 0.15) is 0 Å². The quantitative estimate of drug-likeness (QED) is 0.164. The van der Waals surface area contributed by atoms with Crippen LogP contribution in [-0.4, -0.2) is 0 Å². The van der Waals surface area contributed by atoms with Crippen molar-refractivity contribution in [2.45, 2.75) is 0 Å². The molecule has 1 heteroatoms. The number of nitrogens with zero attached hydrogens (tertiary/aromatic N) is 1. The average molecular weight is 522 g/mol. The summed E-state index contributed by atoms with van der Waals surface area (Å²) in [5, 5.41) is 10.4. The number of anilines is 3. The molecule has 0 saturated carbocycles. The summed E-state index contributed by atoms with van der Waals surface area (Å²) in [6.07, 6.45) is 0. The Morgan fingerprint density at radius 2 is 0.683 bits per heavy atom. The summed E-state index contributed by atoms with van der Waals surface area (Å²) in [5.74, 6) is 0. The number of hydrogen-bond donors (Lipinski definition) is 0. The highest BCUT2D eigenvalue weighted by molar-refractivity contribution is 6.27. The van der Waals surface area contributed by atoms with E-state index in [0.717, 1.165) is 17.1 Å². The highest BCUT2D eigenvalue weighted by atomic mass is 15.1. The topological polar surface area (TPSA) is 3.24 Å². The fourth-order valence-electron chi connectivity index (χ4n) is 6.22. The van der Waals surface area contributed by atoms with Crippen LogP contribution in [0.15, 0.2) is 164 Å². The molecular weight excluding hydrogens is 494 g/mol. The molecule has 0 bridgehead atoms. The lowest BCUT2D eigenvalue weighted by Gasteiger charge is -2.25. The third-order valence-electron chi connectivity index (χ3n) is 8.19. The molecule has 0 saturated heterocycles. The van der Waals surface area contributed by atoms with Gasteiger partial charge in [0, 0.05) is 17.1 Å². The van der Waals surface area contributed by atoms with Crippen molar-refractivity contribution in [3.8, 4) is 11.1 Å². The molecule has 0 aliphatic heterocycles. The standard InChI is InChI=1S/C40H27N/c1-3-13-32(14-4-1)41(33-15-5-2-6-16-33)34-22-19-28(20-23-34)31-21-24-37-38(27-31)35-17-9-10-18-36(35)39-25-29-11-7-8-12-30(29)26-40(37)39/h1-27H. The van der Waals surface area contributed by atoms with E-state index in [1.54, 1.807) is 0 Å². The lowest BCUT2D eigenvalue weighted by molar-refractivity contribution is 1.28. The van der Waals surface area contributed by atoms with Crippen LogP contribution in [0.25, 0.3) is 54.2 Å². The fourth-order valence-corrected chi connectivity index (χ4v) is 6.22. The maximum absolute atomic E-state index is 2.37. The SMILES string of the molecule is c1ccc(N(c2ccccc2)c2ccc(-c3ccc4c(c3)c3ccccc3c3cc5ccccc5cc43)cc2)cc1. The number of rotatable bonds is 4. The molecule has 8 aromatic carbocycles. The van der Waals surface area contributed by atoms with Crippen LogP contribution in [0, 0.1) is 0 Å². The van der Waals surface area contributed by atoms with E-state index in [1.165, 1.54) is 54.2 Å². The molecule has 0 aliphatic carbocycles. The van der Waals surface area contributed by atoms with Gasteiger partial charge in [-0.1, -0.05) is 109 Å². The van der Waals surface area contributed by atoms with Crippen molar-refractivity contribution >= 4 is 60.2 Å². The van der Waals surface area contributed by atoms with Crippen molar-refractivity contribution in [1.29, 1.82) is 0 Å². The van der Waals surface area contributed by atoms with Crippen molar-refractivity contribution in [1.82, 2.24) is 0 Å². The van der Waals surface area contributed by atoms with E-state index >= 15 is 0 Å². The molecule has 0 atom stereocenters. The molecular formula is C40H27N. The number of para-hydroxylation sites is 2. The number of benzene rings is 8. The Kier molecular flexibility index (Phi) is 5.53. The fraction of sp³-hybridized carbons (Fsp3) is 0. The maximum atomic E-state index is 2.37. The lowest BCUT2D eigenvalue weighted by Crippen LogP contribution is -2.09. The molecule has 0 fully saturated rings. The zero-order valence-corrected chi connectivity index (χ0v) is 22.5. The summed E-state index contributed by atoms with van der Waals surface area (Å²) in [4.78, 5) is 2.30. The Bertz CT molecular complexity index is 2140. The van der Waals surface area contributed by atoms with Gasteiger partial charge in [0.2, 0.25) is 0 Å². The van der Waals surface area contributed by atoms with Gasteiger partial charge in [-0.05, 0) is 109 Å². The first kappa shape index (κ1) is 23.5. The summed E-state index contributed by atoms with van der Waals surface area (Å²) < 4.78 is 0. The molecule has 8 aromatic rings. The second-order valence-electron chi connectivity index (χ2n) is 10.6. The minimum absolute atomic E-state index is 1.13. The largest absolute Gasteiger partial charge is 0.311 e. The van der Waals surface area contributed by atoms with Gasteiger partial charge in [0.05, 0.1) is 0 Å². The van der Waals surface area contributed by atoms with Crippen LogP contribution in [-0.2, 0) is 0 Å². The Morgan fingerprint density at radius 1 is 0.268 bits per heavy atom. The molecule has 0 aromatic heterocycles.